The summed E-state index contributed by atoms with van der Waals surface area (Å²) in [5, 5.41) is 1.03. The summed E-state index contributed by atoms with van der Waals surface area (Å²) in [6, 6.07) is 11.5. The minimum atomic E-state index is -0.375. The summed E-state index contributed by atoms with van der Waals surface area (Å²) >= 11 is 0. The summed E-state index contributed by atoms with van der Waals surface area (Å²) in [4.78, 5) is 30.7. The smallest absolute Gasteiger partial charge is 0.341 e. The van der Waals surface area contributed by atoms with Crippen molar-refractivity contribution in [2.75, 3.05) is 20.2 Å². The van der Waals surface area contributed by atoms with Crippen molar-refractivity contribution in [2.24, 2.45) is 5.92 Å². The SMILES string of the molecule is COC(=O)c1ccoc1CC1CCN(C(=O)/C=C/c2ccnc3ccccc23)CC1. The second kappa shape index (κ2) is 8.95. The molecule has 4 rings (SSSR count). The monoisotopic (exact) mass is 404 g/mol. The molecule has 1 amide bonds. The number of hydrogen-bond acceptors (Lipinski definition) is 5. The number of furan rings is 1. The van der Waals surface area contributed by atoms with E-state index in [9.17, 15) is 9.59 Å². The number of ether oxygens (including phenoxy) is 1. The lowest BCUT2D eigenvalue weighted by atomic mass is 9.91. The zero-order valence-corrected chi connectivity index (χ0v) is 16.9. The Bertz CT molecular complexity index is 1070. The van der Waals surface area contributed by atoms with E-state index in [4.69, 9.17) is 9.15 Å². The first-order valence-electron chi connectivity index (χ1n) is 10.1. The Morgan fingerprint density at radius 3 is 2.80 bits per heavy atom. The van der Waals surface area contributed by atoms with Gasteiger partial charge in [-0.15, -0.1) is 0 Å². The molecule has 3 heterocycles. The molecule has 1 fully saturated rings. The van der Waals surface area contributed by atoms with Crippen molar-refractivity contribution in [1.29, 1.82) is 0 Å². The van der Waals surface area contributed by atoms with E-state index in [1.165, 1.54) is 13.4 Å². The van der Waals surface area contributed by atoms with Crippen LogP contribution in [0.4, 0.5) is 0 Å². The molecule has 0 aliphatic carbocycles. The fourth-order valence-electron chi connectivity index (χ4n) is 3.94. The number of rotatable bonds is 5. The Morgan fingerprint density at radius 1 is 1.20 bits per heavy atom. The summed E-state index contributed by atoms with van der Waals surface area (Å²) in [6.45, 7) is 1.39. The summed E-state index contributed by atoms with van der Waals surface area (Å²) < 4.78 is 10.3. The van der Waals surface area contributed by atoms with Gasteiger partial charge >= 0.3 is 5.97 Å². The molecule has 30 heavy (non-hydrogen) atoms. The van der Waals surface area contributed by atoms with Crippen LogP contribution in [0, 0.1) is 5.92 Å². The van der Waals surface area contributed by atoms with Gasteiger partial charge in [0.2, 0.25) is 5.91 Å². The predicted molar refractivity (Wildman–Crippen MR) is 114 cm³/mol. The second-order valence-electron chi connectivity index (χ2n) is 7.47. The standard InChI is InChI=1S/C24H24N2O4/c1-29-24(28)20-11-15-30-22(20)16-17-9-13-26(14-10-17)23(27)7-6-18-8-12-25-21-5-3-2-4-19(18)21/h2-8,11-12,15,17H,9-10,13-14,16H2,1H3/b7-6+. The number of esters is 1. The maximum atomic E-state index is 12.7. The molecule has 154 valence electrons. The number of benzene rings is 1. The minimum absolute atomic E-state index is 0.0163. The van der Waals surface area contributed by atoms with E-state index in [0.29, 0.717) is 36.8 Å². The van der Waals surface area contributed by atoms with Crippen LogP contribution in [0.15, 0.2) is 59.4 Å². The Hall–Kier alpha value is -3.41. The lowest BCUT2D eigenvalue weighted by Crippen LogP contribution is -2.38. The number of piperidine rings is 1. The van der Waals surface area contributed by atoms with Gasteiger partial charge in [-0.1, -0.05) is 18.2 Å². The van der Waals surface area contributed by atoms with Crippen LogP contribution in [0.1, 0.15) is 34.5 Å². The van der Waals surface area contributed by atoms with Crippen LogP contribution in [-0.4, -0.2) is 42.0 Å². The summed E-state index contributed by atoms with van der Waals surface area (Å²) in [7, 11) is 1.37. The lowest BCUT2D eigenvalue weighted by molar-refractivity contribution is -0.127. The molecule has 1 aromatic carbocycles. The van der Waals surface area contributed by atoms with E-state index in [0.717, 1.165) is 29.3 Å². The van der Waals surface area contributed by atoms with Gasteiger partial charge in [0.1, 0.15) is 11.3 Å². The molecule has 0 spiro atoms. The van der Waals surface area contributed by atoms with E-state index < -0.39 is 0 Å². The Balaban J connectivity index is 1.35. The quantitative estimate of drug-likeness (QED) is 0.473. The van der Waals surface area contributed by atoms with Crippen LogP contribution in [-0.2, 0) is 16.0 Å². The molecule has 0 N–H and O–H groups in total. The molecule has 3 aromatic rings. The van der Waals surface area contributed by atoms with E-state index >= 15 is 0 Å². The predicted octanol–water partition coefficient (Wildman–Crippen LogP) is 4.11. The highest BCUT2D eigenvalue weighted by Crippen LogP contribution is 2.25. The Morgan fingerprint density at radius 2 is 2.00 bits per heavy atom. The number of hydrogen-bond donors (Lipinski definition) is 0. The van der Waals surface area contributed by atoms with Crippen molar-refractivity contribution in [3.05, 3.63) is 71.8 Å². The molecule has 2 aromatic heterocycles. The van der Waals surface area contributed by atoms with Crippen molar-refractivity contribution in [3.8, 4) is 0 Å². The van der Waals surface area contributed by atoms with Crippen LogP contribution >= 0.6 is 0 Å². The second-order valence-corrected chi connectivity index (χ2v) is 7.47. The van der Waals surface area contributed by atoms with Gasteiger partial charge in [-0.2, -0.15) is 0 Å². The van der Waals surface area contributed by atoms with Crippen LogP contribution in [0.5, 0.6) is 0 Å². The number of carbonyl (C=O) groups excluding carboxylic acids is 2. The molecular weight excluding hydrogens is 380 g/mol. The third kappa shape index (κ3) is 4.27. The van der Waals surface area contributed by atoms with Crippen molar-refractivity contribution in [1.82, 2.24) is 9.88 Å². The highest BCUT2D eigenvalue weighted by atomic mass is 16.5. The first-order chi connectivity index (χ1) is 14.7. The van der Waals surface area contributed by atoms with Crippen LogP contribution in [0.25, 0.3) is 17.0 Å². The van der Waals surface area contributed by atoms with Gasteiger partial charge in [0.15, 0.2) is 0 Å². The van der Waals surface area contributed by atoms with E-state index in [2.05, 4.69) is 4.98 Å². The van der Waals surface area contributed by atoms with Crippen LogP contribution in [0.3, 0.4) is 0 Å². The van der Waals surface area contributed by atoms with Crippen molar-refractivity contribution < 1.29 is 18.7 Å². The minimum Gasteiger partial charge on any atom is -0.468 e. The molecular formula is C24H24N2O4. The molecule has 1 aliphatic heterocycles. The van der Waals surface area contributed by atoms with Crippen molar-refractivity contribution in [3.63, 3.8) is 0 Å². The fourth-order valence-corrected chi connectivity index (χ4v) is 3.94. The third-order valence-electron chi connectivity index (χ3n) is 5.64. The average molecular weight is 404 g/mol. The molecule has 1 aliphatic rings. The van der Waals surface area contributed by atoms with E-state index in [1.807, 2.05) is 41.3 Å². The van der Waals surface area contributed by atoms with Crippen LogP contribution in [0.2, 0.25) is 0 Å². The molecule has 0 unspecified atom stereocenters. The number of carbonyl (C=O) groups is 2. The topological polar surface area (TPSA) is 72.6 Å². The average Bonchev–Trinajstić information content (AvgIpc) is 3.25. The molecule has 0 atom stereocenters. The highest BCUT2D eigenvalue weighted by Gasteiger charge is 2.25. The number of methoxy groups -OCH3 is 1. The van der Waals surface area contributed by atoms with Crippen molar-refractivity contribution in [2.45, 2.75) is 19.3 Å². The number of fused-ring (bicyclic) bond motifs is 1. The van der Waals surface area contributed by atoms with Gasteiger partial charge in [0.25, 0.3) is 0 Å². The third-order valence-corrected chi connectivity index (χ3v) is 5.64. The zero-order chi connectivity index (χ0) is 20.9. The molecule has 0 saturated carbocycles. The Kier molecular flexibility index (Phi) is 5.93. The first kappa shape index (κ1) is 19.9. The lowest BCUT2D eigenvalue weighted by Gasteiger charge is -2.31. The molecule has 6 heteroatoms. The van der Waals surface area contributed by atoms with Crippen LogP contribution < -0.4 is 0 Å². The van der Waals surface area contributed by atoms with Gasteiger partial charge in [0, 0.05) is 37.2 Å². The molecule has 1 saturated heterocycles. The Labute approximate surface area is 175 Å². The van der Waals surface area contributed by atoms with E-state index in [-0.39, 0.29) is 11.9 Å². The fraction of sp³-hybridized carbons (Fsp3) is 0.292. The maximum absolute atomic E-state index is 12.7. The number of likely N-dealkylation sites (tertiary alicyclic amines) is 1. The number of nitrogens with zero attached hydrogens (tertiary/aromatic N) is 2. The van der Waals surface area contributed by atoms with Gasteiger partial charge in [-0.25, -0.2) is 4.79 Å². The zero-order valence-electron chi connectivity index (χ0n) is 16.9. The summed E-state index contributed by atoms with van der Waals surface area (Å²) in [6.07, 6.45) is 9.22. The van der Waals surface area contributed by atoms with E-state index in [1.54, 1.807) is 18.3 Å². The van der Waals surface area contributed by atoms with Crippen molar-refractivity contribution >= 4 is 28.9 Å². The largest absolute Gasteiger partial charge is 0.468 e. The number of para-hydroxylation sites is 1. The van der Waals surface area contributed by atoms with Gasteiger partial charge in [-0.05, 0) is 48.6 Å². The maximum Gasteiger partial charge on any atom is 0.341 e. The summed E-state index contributed by atoms with van der Waals surface area (Å²) in [5.74, 6) is 0.676. The van der Waals surface area contributed by atoms with Gasteiger partial charge < -0.3 is 14.1 Å². The molecule has 0 bridgehead atoms. The first-order valence-corrected chi connectivity index (χ1v) is 10.1. The highest BCUT2D eigenvalue weighted by molar-refractivity contribution is 5.95. The molecule has 6 nitrogen and oxygen atoms in total. The summed E-state index contributed by atoms with van der Waals surface area (Å²) in [5.41, 5.74) is 2.39. The molecule has 0 radical (unpaired) electrons. The number of aromatic nitrogens is 1. The van der Waals surface area contributed by atoms with Gasteiger partial charge in [-0.3, -0.25) is 9.78 Å². The normalized spacial score (nSPS) is 15.0. The van der Waals surface area contributed by atoms with Gasteiger partial charge in [0.05, 0.1) is 18.9 Å². The number of pyridine rings is 1. The number of amides is 1.